The first-order valence-corrected chi connectivity index (χ1v) is 13.2. The maximum absolute atomic E-state index is 3.66. The summed E-state index contributed by atoms with van der Waals surface area (Å²) < 4.78 is 0. The van der Waals surface area contributed by atoms with Crippen LogP contribution < -0.4 is 0 Å². The normalized spacial score (nSPS) is 14.2. The second kappa shape index (κ2) is 5.86. The molecule has 0 unspecified atom stereocenters. The van der Waals surface area contributed by atoms with Gasteiger partial charge in [-0.25, -0.2) is 6.08 Å². The Morgan fingerprint density at radius 2 is 2.25 bits per heavy atom. The Kier molecular flexibility index (Phi) is 6.39. The fourth-order valence-corrected chi connectivity index (χ4v) is 0.450. The zero-order chi connectivity index (χ0) is 6.41. The van der Waals surface area contributed by atoms with Crippen LogP contribution in [0, 0.1) is 13.0 Å². The van der Waals surface area contributed by atoms with Crippen molar-refractivity contribution >= 4 is 0 Å². The van der Waals surface area contributed by atoms with Gasteiger partial charge in [-0.15, -0.1) is 6.42 Å². The van der Waals surface area contributed by atoms with Gasteiger partial charge in [0.1, 0.15) is 0 Å². The summed E-state index contributed by atoms with van der Waals surface area (Å²) in [5, 5.41) is 0. The molecular formula is C6H6W2-2. The third-order valence-corrected chi connectivity index (χ3v) is 0.766. The number of hydrogen-bond donors (Lipinski definition) is 0. The van der Waals surface area contributed by atoms with E-state index in [1.54, 1.807) is 32.4 Å². The van der Waals surface area contributed by atoms with Gasteiger partial charge in [-0.2, -0.15) is 0 Å². The summed E-state index contributed by atoms with van der Waals surface area (Å²) in [5.41, 5.74) is 1.02. The van der Waals surface area contributed by atoms with Crippen molar-refractivity contribution in [3.8, 4) is 0 Å². The van der Waals surface area contributed by atoms with E-state index in [4.69, 9.17) is 0 Å². The van der Waals surface area contributed by atoms with Gasteiger partial charge >= 0.3 is 32.4 Å². The number of hydrogen-bond acceptors (Lipinski definition) is 0. The summed E-state index contributed by atoms with van der Waals surface area (Å²) in [4.78, 5) is 0. The van der Waals surface area contributed by atoms with E-state index in [-0.39, 0.29) is 0 Å². The molecule has 0 radical (unpaired) electrons. The molecule has 0 aliphatic heterocycles. The van der Waals surface area contributed by atoms with Gasteiger partial charge in [0, 0.05) is 0 Å². The summed E-state index contributed by atoms with van der Waals surface area (Å²) in [7, 11) is 0. The van der Waals surface area contributed by atoms with Crippen LogP contribution in [-0.2, 0) is 32.4 Å². The molecule has 2 heteroatoms. The monoisotopic (exact) mass is 446 g/mol. The molecule has 1 aliphatic carbocycles. The second-order valence-electron chi connectivity index (χ2n) is 1.31. The minimum atomic E-state index is 0.957. The molecule has 0 nitrogen and oxygen atoms in total. The third kappa shape index (κ3) is 3.70. The average molecular weight is 446 g/mol. The SMILES string of the molecule is [CH2-]C1=[C-]CC=C1.[W]=[W]. The Hall–Kier alpha value is 0.727. The molecule has 0 bridgehead atoms. The molecule has 0 saturated carbocycles. The van der Waals surface area contributed by atoms with E-state index in [1.165, 1.54) is 0 Å². The van der Waals surface area contributed by atoms with Crippen molar-refractivity contribution in [1.82, 2.24) is 0 Å². The van der Waals surface area contributed by atoms with Crippen molar-refractivity contribution < 1.29 is 32.4 Å². The van der Waals surface area contributed by atoms with E-state index in [9.17, 15) is 0 Å². The van der Waals surface area contributed by atoms with E-state index in [1.807, 2.05) is 12.2 Å². The average Bonchev–Trinajstić information content (AvgIpc) is 2.24. The van der Waals surface area contributed by atoms with Crippen molar-refractivity contribution in [1.29, 1.82) is 0 Å². The van der Waals surface area contributed by atoms with Crippen LogP contribution in [-0.4, -0.2) is 0 Å². The van der Waals surface area contributed by atoms with Crippen LogP contribution in [0.1, 0.15) is 6.42 Å². The van der Waals surface area contributed by atoms with Crippen molar-refractivity contribution in [2.24, 2.45) is 0 Å². The molecule has 0 heterocycles. The van der Waals surface area contributed by atoms with Crippen molar-refractivity contribution in [2.45, 2.75) is 6.42 Å². The van der Waals surface area contributed by atoms with Gasteiger partial charge in [0.05, 0.1) is 0 Å². The molecule has 1 rings (SSSR count). The predicted octanol–water partition coefficient (Wildman–Crippen LogP) is 1.50. The molecule has 1 aliphatic rings. The van der Waals surface area contributed by atoms with Gasteiger partial charge in [0.15, 0.2) is 0 Å². The standard InChI is InChI=1S/C6H6.2W/c1-6-4-2-3-5-6;;/h2,4H,1,3H2;;/q-2;;. The van der Waals surface area contributed by atoms with Crippen LogP contribution in [0.4, 0.5) is 0 Å². The first kappa shape index (κ1) is 8.73. The fraction of sp³-hybridized carbons (Fsp3) is 0.167. The maximum atomic E-state index is 3.66. The summed E-state index contributed by atoms with van der Waals surface area (Å²) in [6.07, 6.45) is 7.99. The molecule has 0 spiro atoms. The summed E-state index contributed by atoms with van der Waals surface area (Å²) >= 11 is 3.33. The van der Waals surface area contributed by atoms with Gasteiger partial charge < -0.3 is 18.6 Å². The second-order valence-corrected chi connectivity index (χ2v) is 1.31. The molecule has 0 saturated heterocycles. The molecule has 0 fully saturated rings. The van der Waals surface area contributed by atoms with Crippen LogP contribution in [0.5, 0.6) is 0 Å². The molecule has 8 heavy (non-hydrogen) atoms. The molecule has 0 N–H and O–H groups in total. The summed E-state index contributed by atoms with van der Waals surface area (Å²) in [6.45, 7) is 3.66. The zero-order valence-corrected chi connectivity index (χ0v) is 10.3. The van der Waals surface area contributed by atoms with Gasteiger partial charge in [0.25, 0.3) is 0 Å². The number of rotatable bonds is 0. The van der Waals surface area contributed by atoms with Crippen LogP contribution in [0.25, 0.3) is 0 Å². The predicted molar refractivity (Wildman–Crippen MR) is 25.9 cm³/mol. The molecule has 0 amide bonds. The molecule has 0 aromatic carbocycles. The van der Waals surface area contributed by atoms with Crippen molar-refractivity contribution in [3.05, 3.63) is 30.7 Å². The zero-order valence-electron chi connectivity index (χ0n) is 4.39. The summed E-state index contributed by atoms with van der Waals surface area (Å²) in [5.74, 6) is 0. The quantitative estimate of drug-likeness (QED) is 0.496. The Bertz CT molecular complexity index is 111. The van der Waals surface area contributed by atoms with Gasteiger partial charge in [-0.3, -0.25) is 6.08 Å². The van der Waals surface area contributed by atoms with Crippen molar-refractivity contribution in [2.75, 3.05) is 0 Å². The van der Waals surface area contributed by atoms with E-state index in [2.05, 4.69) is 13.0 Å². The number of allylic oxidation sites excluding steroid dienone is 4. The topological polar surface area (TPSA) is 0 Å². The van der Waals surface area contributed by atoms with E-state index < -0.39 is 0 Å². The van der Waals surface area contributed by atoms with Crippen LogP contribution in [0.15, 0.2) is 17.7 Å². The van der Waals surface area contributed by atoms with Crippen LogP contribution in [0.2, 0.25) is 0 Å². The first-order valence-electron chi connectivity index (χ1n) is 2.15. The van der Waals surface area contributed by atoms with Crippen LogP contribution >= 0.6 is 0 Å². The van der Waals surface area contributed by atoms with Gasteiger partial charge in [-0.05, 0) is 0 Å². The van der Waals surface area contributed by atoms with Crippen LogP contribution in [0.3, 0.4) is 0 Å². The molecule has 0 atom stereocenters. The molecule has 0 aromatic rings. The summed E-state index contributed by atoms with van der Waals surface area (Å²) in [6, 6.07) is 0. The Morgan fingerprint density at radius 3 is 2.38 bits per heavy atom. The Balaban J connectivity index is 0.000000222. The Morgan fingerprint density at radius 1 is 1.62 bits per heavy atom. The first-order chi connectivity index (χ1) is 3.89. The minimum absolute atomic E-state index is 0.957. The fourth-order valence-electron chi connectivity index (χ4n) is 0.450. The van der Waals surface area contributed by atoms with E-state index in [0.29, 0.717) is 0 Å². The van der Waals surface area contributed by atoms with E-state index in [0.717, 1.165) is 12.0 Å². The molecule has 44 valence electrons. The van der Waals surface area contributed by atoms with E-state index >= 15 is 0 Å². The molecule has 0 aromatic heterocycles. The van der Waals surface area contributed by atoms with Gasteiger partial charge in [-0.1, -0.05) is 0 Å². The molecular weight excluding hydrogens is 440 g/mol. The van der Waals surface area contributed by atoms with Gasteiger partial charge in [0.2, 0.25) is 0 Å². The Labute approximate surface area is 69.3 Å². The van der Waals surface area contributed by atoms with Crippen molar-refractivity contribution in [3.63, 3.8) is 0 Å². The third-order valence-electron chi connectivity index (χ3n) is 0.766.